The summed E-state index contributed by atoms with van der Waals surface area (Å²) >= 11 is 0. The summed E-state index contributed by atoms with van der Waals surface area (Å²) in [5.74, 6) is 0.0898. The topological polar surface area (TPSA) is 94.4 Å². The maximum Gasteiger partial charge on any atom is 0.322 e. The van der Waals surface area contributed by atoms with E-state index in [1.165, 1.54) is 7.11 Å². The number of aliphatic hydroxyl groups excluding tert-OH is 1. The zero-order valence-electron chi connectivity index (χ0n) is 11.2. The fraction of sp³-hybridized carbons (Fsp3) is 0.818. The molecule has 0 aliphatic rings. The first-order valence-corrected chi connectivity index (χ1v) is 5.90. The number of amidine groups is 1. The molecule has 0 fully saturated rings. The molecule has 18 heavy (non-hydrogen) atoms. The van der Waals surface area contributed by atoms with Crippen molar-refractivity contribution in [3.63, 3.8) is 0 Å². The Morgan fingerprint density at radius 2 is 2.17 bits per heavy atom. The van der Waals surface area contributed by atoms with Crippen LogP contribution >= 0.6 is 0 Å². The van der Waals surface area contributed by atoms with Crippen LogP contribution in [0.1, 0.15) is 26.2 Å². The highest BCUT2D eigenvalue weighted by molar-refractivity contribution is 5.78. The summed E-state index contributed by atoms with van der Waals surface area (Å²) in [7, 11) is 3.06. The molecule has 0 aliphatic heterocycles. The summed E-state index contributed by atoms with van der Waals surface area (Å²) in [4.78, 5) is 14.9. The summed E-state index contributed by atoms with van der Waals surface area (Å²) in [6, 6.07) is -0.311. The highest BCUT2D eigenvalue weighted by Crippen LogP contribution is 2.03. The number of carbonyl (C=O) groups is 1. The fourth-order valence-electron chi connectivity index (χ4n) is 1.48. The number of ether oxygens (including phenoxy) is 1. The van der Waals surface area contributed by atoms with E-state index in [9.17, 15) is 10.0 Å². The molecule has 0 saturated carbocycles. The third kappa shape index (κ3) is 6.53. The standard InChI is InChI=1S/C11H23N3O4/c1-9(13-8-15)14(17)7-5-4-6-10(12-2)11(16)18-3/h10,12,15,17H,4-8H2,1-3H3/b13-9+/t10-/m0/s1. The van der Waals surface area contributed by atoms with Crippen molar-refractivity contribution in [1.29, 1.82) is 0 Å². The van der Waals surface area contributed by atoms with Gasteiger partial charge in [-0.15, -0.1) is 0 Å². The van der Waals surface area contributed by atoms with Gasteiger partial charge in [0.1, 0.15) is 18.6 Å². The molecule has 0 radical (unpaired) electrons. The third-order valence-electron chi connectivity index (χ3n) is 2.62. The van der Waals surface area contributed by atoms with E-state index < -0.39 is 0 Å². The van der Waals surface area contributed by atoms with E-state index in [1.54, 1.807) is 14.0 Å². The van der Waals surface area contributed by atoms with Gasteiger partial charge in [0.15, 0.2) is 0 Å². The van der Waals surface area contributed by atoms with E-state index >= 15 is 0 Å². The predicted octanol–water partition coefficient (Wildman–Crippen LogP) is -0.0229. The van der Waals surface area contributed by atoms with E-state index in [4.69, 9.17) is 5.11 Å². The van der Waals surface area contributed by atoms with Crippen LogP contribution in [0.4, 0.5) is 0 Å². The minimum Gasteiger partial charge on any atom is -0.468 e. The Kier molecular flexibility index (Phi) is 9.17. The minimum absolute atomic E-state index is 0.281. The van der Waals surface area contributed by atoms with Crippen molar-refractivity contribution < 1.29 is 19.8 Å². The van der Waals surface area contributed by atoms with Gasteiger partial charge < -0.3 is 15.2 Å². The molecule has 0 bridgehead atoms. The van der Waals surface area contributed by atoms with Gasteiger partial charge in [-0.2, -0.15) is 0 Å². The second-order valence-electron chi connectivity index (χ2n) is 3.83. The molecule has 0 rings (SSSR count). The lowest BCUT2D eigenvalue weighted by atomic mass is 10.1. The van der Waals surface area contributed by atoms with E-state index in [0.29, 0.717) is 25.2 Å². The number of unbranched alkanes of at least 4 members (excludes halogenated alkanes) is 1. The van der Waals surface area contributed by atoms with Crippen LogP contribution in [0.5, 0.6) is 0 Å². The van der Waals surface area contributed by atoms with Gasteiger partial charge in [0.2, 0.25) is 0 Å². The van der Waals surface area contributed by atoms with Crippen LogP contribution in [0, 0.1) is 0 Å². The molecule has 0 aromatic rings. The molecule has 0 spiro atoms. The van der Waals surface area contributed by atoms with Crippen LogP contribution in [0.3, 0.4) is 0 Å². The summed E-state index contributed by atoms with van der Waals surface area (Å²) in [6.07, 6.45) is 2.13. The highest BCUT2D eigenvalue weighted by atomic mass is 16.5. The maximum absolute atomic E-state index is 11.3. The van der Waals surface area contributed by atoms with Crippen LogP contribution in [0.2, 0.25) is 0 Å². The van der Waals surface area contributed by atoms with Gasteiger partial charge in [0, 0.05) is 6.54 Å². The van der Waals surface area contributed by atoms with Gasteiger partial charge in [-0.05, 0) is 33.2 Å². The first-order valence-electron chi connectivity index (χ1n) is 5.90. The second-order valence-corrected chi connectivity index (χ2v) is 3.83. The second kappa shape index (κ2) is 9.81. The van der Waals surface area contributed by atoms with Crippen molar-refractivity contribution in [2.75, 3.05) is 27.4 Å². The predicted molar refractivity (Wildman–Crippen MR) is 67.4 cm³/mol. The van der Waals surface area contributed by atoms with Gasteiger partial charge in [-0.25, -0.2) is 10.1 Å². The average molecular weight is 261 g/mol. The molecule has 0 unspecified atom stereocenters. The fourth-order valence-corrected chi connectivity index (χ4v) is 1.48. The Morgan fingerprint density at radius 3 is 2.67 bits per heavy atom. The van der Waals surface area contributed by atoms with Gasteiger partial charge >= 0.3 is 5.97 Å². The monoisotopic (exact) mass is 261 g/mol. The molecular formula is C11H23N3O4. The first-order chi connectivity index (χ1) is 8.56. The van der Waals surface area contributed by atoms with Crippen molar-refractivity contribution in [2.45, 2.75) is 32.2 Å². The first kappa shape index (κ1) is 16.8. The van der Waals surface area contributed by atoms with Crippen LogP contribution in [0.15, 0.2) is 4.99 Å². The van der Waals surface area contributed by atoms with Crippen LogP contribution in [-0.2, 0) is 9.53 Å². The van der Waals surface area contributed by atoms with E-state index in [2.05, 4.69) is 15.0 Å². The molecule has 1 atom stereocenters. The van der Waals surface area contributed by atoms with Crippen LogP contribution in [0.25, 0.3) is 0 Å². The van der Waals surface area contributed by atoms with Crippen molar-refractivity contribution in [3.8, 4) is 0 Å². The summed E-state index contributed by atoms with van der Waals surface area (Å²) in [5.41, 5.74) is 0. The zero-order chi connectivity index (χ0) is 14.0. The zero-order valence-corrected chi connectivity index (χ0v) is 11.2. The number of carbonyl (C=O) groups excluding carboxylic acids is 1. The molecule has 0 heterocycles. The molecular weight excluding hydrogens is 238 g/mol. The molecule has 7 nitrogen and oxygen atoms in total. The molecule has 3 N–H and O–H groups in total. The number of aliphatic imine (C=N–C) groups is 1. The van der Waals surface area contributed by atoms with E-state index in [-0.39, 0.29) is 18.7 Å². The lowest BCUT2D eigenvalue weighted by Gasteiger charge is -2.17. The number of aliphatic hydroxyl groups is 1. The van der Waals surface area contributed by atoms with Crippen molar-refractivity contribution in [1.82, 2.24) is 10.4 Å². The van der Waals surface area contributed by atoms with Gasteiger partial charge in [-0.3, -0.25) is 10.0 Å². The largest absolute Gasteiger partial charge is 0.468 e. The molecule has 7 heteroatoms. The van der Waals surface area contributed by atoms with E-state index in [0.717, 1.165) is 11.5 Å². The molecule has 0 saturated heterocycles. The molecule has 0 aliphatic carbocycles. The van der Waals surface area contributed by atoms with E-state index in [1.807, 2.05) is 0 Å². The maximum atomic E-state index is 11.3. The molecule has 0 aromatic heterocycles. The average Bonchev–Trinajstić information content (AvgIpc) is 2.38. The molecule has 106 valence electrons. The van der Waals surface area contributed by atoms with Crippen LogP contribution in [-0.4, -0.2) is 60.7 Å². The number of esters is 1. The Bertz CT molecular complexity index is 271. The van der Waals surface area contributed by atoms with Crippen LogP contribution < -0.4 is 5.32 Å². The Hall–Kier alpha value is -1.18. The summed E-state index contributed by atoms with van der Waals surface area (Å²) < 4.78 is 4.64. The third-order valence-corrected chi connectivity index (χ3v) is 2.62. The number of hydrogen-bond acceptors (Lipinski definition) is 6. The SMILES string of the molecule is CN[C@@H](CCCCN(O)/C(C)=N/CO)C(=O)OC. The quantitative estimate of drug-likeness (QED) is 0.187. The van der Waals surface area contributed by atoms with Gasteiger partial charge in [0.05, 0.1) is 7.11 Å². The van der Waals surface area contributed by atoms with Crippen molar-refractivity contribution in [2.24, 2.45) is 4.99 Å². The number of hydrogen-bond donors (Lipinski definition) is 3. The van der Waals surface area contributed by atoms with Crippen molar-refractivity contribution >= 4 is 11.8 Å². The number of likely N-dealkylation sites (N-methyl/N-ethyl adjacent to an activating group) is 1. The lowest BCUT2D eigenvalue weighted by Crippen LogP contribution is -2.35. The lowest BCUT2D eigenvalue weighted by molar-refractivity contribution is -0.143. The Labute approximate surface area is 107 Å². The normalized spacial score (nSPS) is 13.3. The number of rotatable bonds is 8. The summed E-state index contributed by atoms with van der Waals surface area (Å²) in [5, 5.41) is 21.9. The Balaban J connectivity index is 3.85. The number of hydroxylamine groups is 2. The van der Waals surface area contributed by atoms with Gasteiger partial charge in [0.25, 0.3) is 0 Å². The van der Waals surface area contributed by atoms with Gasteiger partial charge in [-0.1, -0.05) is 0 Å². The number of nitrogens with one attached hydrogen (secondary N) is 1. The smallest absolute Gasteiger partial charge is 0.322 e. The molecule has 0 aromatic carbocycles. The highest BCUT2D eigenvalue weighted by Gasteiger charge is 2.15. The Morgan fingerprint density at radius 1 is 1.50 bits per heavy atom. The molecule has 0 amide bonds. The number of nitrogens with zero attached hydrogens (tertiary/aromatic N) is 2. The minimum atomic E-state index is -0.340. The summed E-state index contributed by atoms with van der Waals surface area (Å²) in [6.45, 7) is 1.68. The van der Waals surface area contributed by atoms with Crippen molar-refractivity contribution in [3.05, 3.63) is 0 Å². The number of methoxy groups -OCH3 is 1.